The normalized spacial score (nSPS) is 19.3. The van der Waals surface area contributed by atoms with E-state index in [-0.39, 0.29) is 30.0 Å². The molecule has 0 spiro atoms. The minimum Gasteiger partial charge on any atom is -0.484 e. The number of aliphatic hydroxyl groups is 1. The van der Waals surface area contributed by atoms with Gasteiger partial charge in [-0.25, -0.2) is 8.78 Å². The molecule has 2 aromatic heterocycles. The Hall–Kier alpha value is -3.87. The third-order valence-electron chi connectivity index (χ3n) is 5.75. The fourth-order valence-corrected chi connectivity index (χ4v) is 3.89. The van der Waals surface area contributed by atoms with Crippen molar-refractivity contribution in [2.75, 3.05) is 6.61 Å². The smallest absolute Gasteiger partial charge is 0.422 e. The number of aliphatic hydroxyl groups excluding tert-OH is 1. The molecule has 8 nitrogen and oxygen atoms in total. The first-order chi connectivity index (χ1) is 17.4. The summed E-state index contributed by atoms with van der Waals surface area (Å²) < 4.78 is 70.7. The summed E-state index contributed by atoms with van der Waals surface area (Å²) in [7, 11) is 0. The van der Waals surface area contributed by atoms with Crippen LogP contribution in [0.4, 0.5) is 22.0 Å². The first kappa shape index (κ1) is 26.2. The molecule has 37 heavy (non-hydrogen) atoms. The van der Waals surface area contributed by atoms with Crippen molar-refractivity contribution < 1.29 is 36.6 Å². The van der Waals surface area contributed by atoms with Crippen molar-refractivity contribution in [3.8, 4) is 22.7 Å². The number of halogens is 5. The molecule has 1 saturated carbocycles. The van der Waals surface area contributed by atoms with E-state index in [1.54, 1.807) is 0 Å². The number of alkyl halides is 5. The van der Waals surface area contributed by atoms with Crippen LogP contribution in [0.1, 0.15) is 29.6 Å². The van der Waals surface area contributed by atoms with E-state index in [2.05, 4.69) is 20.1 Å². The number of benzene rings is 1. The largest absolute Gasteiger partial charge is 0.484 e. The van der Waals surface area contributed by atoms with Gasteiger partial charge in [-0.15, -0.1) is 0 Å². The summed E-state index contributed by atoms with van der Waals surface area (Å²) in [6.45, 7) is -1.48. The van der Waals surface area contributed by atoms with E-state index in [0.717, 1.165) is 10.7 Å². The van der Waals surface area contributed by atoms with Crippen LogP contribution in [0.25, 0.3) is 16.9 Å². The maximum atomic E-state index is 13.9. The quantitative estimate of drug-likeness (QED) is 0.478. The molecule has 4 rings (SSSR count). The molecular weight excluding hydrogens is 503 g/mol. The van der Waals surface area contributed by atoms with Gasteiger partial charge in [-0.1, -0.05) is 0 Å². The molecule has 0 aliphatic heterocycles. The molecule has 1 amide bonds. The lowest BCUT2D eigenvalue weighted by atomic mass is 9.89. The Kier molecular flexibility index (Phi) is 7.25. The van der Waals surface area contributed by atoms with Gasteiger partial charge in [-0.2, -0.15) is 23.0 Å². The number of rotatable bonds is 6. The molecule has 2 heterocycles. The van der Waals surface area contributed by atoms with Crippen LogP contribution < -0.4 is 15.6 Å². The number of carbonyl (C=O) groups excluding carboxylic acids is 1. The minimum absolute atomic E-state index is 0.0631. The van der Waals surface area contributed by atoms with Crippen molar-refractivity contribution in [2.24, 2.45) is 0 Å². The van der Waals surface area contributed by atoms with Gasteiger partial charge in [0, 0.05) is 18.2 Å². The molecule has 1 fully saturated rings. The Morgan fingerprint density at radius 2 is 1.95 bits per heavy atom. The summed E-state index contributed by atoms with van der Waals surface area (Å²) >= 11 is 0. The Balaban J connectivity index is 1.69. The minimum atomic E-state index is -4.52. The van der Waals surface area contributed by atoms with Crippen molar-refractivity contribution >= 4 is 5.91 Å². The molecule has 3 aromatic rings. The molecule has 2 atom stereocenters. The van der Waals surface area contributed by atoms with Crippen LogP contribution in [0.3, 0.4) is 0 Å². The number of hydrogen-bond acceptors (Lipinski definition) is 6. The van der Waals surface area contributed by atoms with Crippen molar-refractivity contribution in [2.45, 2.75) is 43.5 Å². The third-order valence-corrected chi connectivity index (χ3v) is 5.75. The number of pyridine rings is 1. The first-order valence-electron chi connectivity index (χ1n) is 11.2. The second kappa shape index (κ2) is 10.2. The zero-order chi connectivity index (χ0) is 26.8. The van der Waals surface area contributed by atoms with Crippen molar-refractivity contribution in [3.63, 3.8) is 0 Å². The Morgan fingerprint density at radius 1 is 1.22 bits per heavy atom. The molecule has 0 radical (unpaired) electrons. The summed E-state index contributed by atoms with van der Waals surface area (Å²) in [6.07, 6.45) is -4.21. The topological polar surface area (TPSA) is 106 Å². The zero-order valence-electron chi connectivity index (χ0n) is 19.1. The maximum absolute atomic E-state index is 13.9. The Labute approximate surface area is 206 Å². The van der Waals surface area contributed by atoms with E-state index in [4.69, 9.17) is 0 Å². The van der Waals surface area contributed by atoms with E-state index in [1.165, 1.54) is 48.8 Å². The lowest BCUT2D eigenvalue weighted by molar-refractivity contribution is -0.153. The molecule has 0 bridgehead atoms. The number of nitrogens with zero attached hydrogens (tertiary/aromatic N) is 3. The summed E-state index contributed by atoms with van der Waals surface area (Å²) in [5.41, 5.74) is -0.678. The molecule has 1 aliphatic carbocycles. The molecule has 196 valence electrons. The molecule has 2 N–H and O–H groups in total. The van der Waals surface area contributed by atoms with Crippen LogP contribution >= 0.6 is 0 Å². The standard InChI is InChI=1S/C24H21F5N4O4/c25-23(26)9-1-4-18(20(23)34)31-21(35)17-11-19(32-33(22(17)36)15-3-2-10-30-12-15)14-5-7-16(8-6-14)37-13-24(27,28)29/h2-3,5-8,10-12,18,20,34H,1,4,9,13H2,(H,31,35)/t18-,20+/m0/s1. The molecule has 13 heteroatoms. The van der Waals surface area contributed by atoms with E-state index in [1.807, 2.05) is 0 Å². The highest BCUT2D eigenvalue weighted by atomic mass is 19.4. The van der Waals surface area contributed by atoms with Crippen molar-refractivity contribution in [3.05, 3.63) is 70.8 Å². The van der Waals surface area contributed by atoms with Gasteiger partial charge in [0.05, 0.1) is 23.6 Å². The molecule has 0 saturated heterocycles. The van der Waals surface area contributed by atoms with Gasteiger partial charge >= 0.3 is 6.18 Å². The average Bonchev–Trinajstić information content (AvgIpc) is 2.86. The van der Waals surface area contributed by atoms with Crippen LogP contribution in [0, 0.1) is 0 Å². The number of hydrogen-bond donors (Lipinski definition) is 2. The zero-order valence-corrected chi connectivity index (χ0v) is 19.1. The van der Waals surface area contributed by atoms with Gasteiger partial charge in [-0.05, 0) is 55.3 Å². The molecule has 1 aliphatic rings. The number of carbonyl (C=O) groups is 1. The van der Waals surface area contributed by atoms with Gasteiger partial charge < -0.3 is 15.2 Å². The summed E-state index contributed by atoms with van der Waals surface area (Å²) in [4.78, 5) is 30.1. The molecular formula is C24H21F5N4O4. The van der Waals surface area contributed by atoms with Gasteiger partial charge in [0.2, 0.25) is 0 Å². The third kappa shape index (κ3) is 6.10. The average molecular weight is 524 g/mol. The predicted molar refractivity (Wildman–Crippen MR) is 121 cm³/mol. The summed E-state index contributed by atoms with van der Waals surface area (Å²) in [5.74, 6) is -4.43. The van der Waals surface area contributed by atoms with Crippen LogP contribution in [0.2, 0.25) is 0 Å². The first-order valence-corrected chi connectivity index (χ1v) is 11.2. The van der Waals surface area contributed by atoms with Crippen LogP contribution in [0.5, 0.6) is 5.75 Å². The van der Waals surface area contributed by atoms with Crippen molar-refractivity contribution in [1.29, 1.82) is 0 Å². The highest BCUT2D eigenvalue weighted by Gasteiger charge is 2.46. The Bertz CT molecular complexity index is 1310. The predicted octanol–water partition coefficient (Wildman–Crippen LogP) is 3.51. The second-order valence-electron chi connectivity index (χ2n) is 8.48. The number of aromatic nitrogens is 3. The van der Waals surface area contributed by atoms with E-state index >= 15 is 0 Å². The fraction of sp³-hybridized carbons (Fsp3) is 0.333. The van der Waals surface area contributed by atoms with Crippen LogP contribution in [-0.2, 0) is 0 Å². The van der Waals surface area contributed by atoms with Crippen molar-refractivity contribution in [1.82, 2.24) is 20.1 Å². The van der Waals surface area contributed by atoms with E-state index in [0.29, 0.717) is 5.56 Å². The lowest BCUT2D eigenvalue weighted by Crippen LogP contribution is -2.54. The van der Waals surface area contributed by atoms with E-state index in [9.17, 15) is 36.6 Å². The van der Waals surface area contributed by atoms with Crippen LogP contribution in [-0.4, -0.2) is 56.6 Å². The van der Waals surface area contributed by atoms with Gasteiger partial charge in [0.25, 0.3) is 17.4 Å². The van der Waals surface area contributed by atoms with Gasteiger partial charge in [0.1, 0.15) is 17.4 Å². The highest BCUT2D eigenvalue weighted by Crippen LogP contribution is 2.33. The number of ether oxygens (including phenoxy) is 1. The second-order valence-corrected chi connectivity index (χ2v) is 8.48. The van der Waals surface area contributed by atoms with E-state index < -0.39 is 54.3 Å². The van der Waals surface area contributed by atoms with Crippen LogP contribution in [0.15, 0.2) is 59.7 Å². The monoisotopic (exact) mass is 524 g/mol. The maximum Gasteiger partial charge on any atom is 0.422 e. The Morgan fingerprint density at radius 3 is 2.59 bits per heavy atom. The lowest BCUT2D eigenvalue weighted by Gasteiger charge is -2.34. The summed E-state index contributed by atoms with van der Waals surface area (Å²) in [5, 5.41) is 16.6. The van der Waals surface area contributed by atoms with Gasteiger partial charge in [-0.3, -0.25) is 14.6 Å². The molecule has 1 aromatic carbocycles. The highest BCUT2D eigenvalue weighted by molar-refractivity contribution is 5.95. The number of amides is 1. The molecule has 0 unspecified atom stereocenters. The SMILES string of the molecule is O=C(N[C@H]1CCCC(F)(F)[C@@H]1O)c1cc(-c2ccc(OCC(F)(F)F)cc2)nn(-c2cccnc2)c1=O. The number of nitrogens with one attached hydrogen (secondary N) is 1. The summed E-state index contributed by atoms with van der Waals surface area (Å²) in [6, 6.07) is 8.21. The van der Waals surface area contributed by atoms with Gasteiger partial charge in [0.15, 0.2) is 6.61 Å². The fourth-order valence-electron chi connectivity index (χ4n) is 3.89.